The van der Waals surface area contributed by atoms with Crippen LogP contribution in [-0.4, -0.2) is 52.0 Å². The molecule has 1 aliphatic rings. The number of nitrogens with zero attached hydrogens (tertiary/aromatic N) is 1. The molecule has 1 fully saturated rings. The van der Waals surface area contributed by atoms with E-state index in [9.17, 15) is 14.7 Å². The minimum atomic E-state index is -1.34. The van der Waals surface area contributed by atoms with Gasteiger partial charge >= 0.3 is 12.1 Å². The van der Waals surface area contributed by atoms with Crippen LogP contribution in [0.2, 0.25) is 0 Å². The van der Waals surface area contributed by atoms with Gasteiger partial charge in [-0.2, -0.15) is 0 Å². The average molecular weight is 259 g/mol. The number of piperidine rings is 1. The summed E-state index contributed by atoms with van der Waals surface area (Å²) in [5.41, 5.74) is -0.533. The van der Waals surface area contributed by atoms with E-state index in [1.165, 1.54) is 0 Å². The molecule has 1 saturated heterocycles. The van der Waals surface area contributed by atoms with Gasteiger partial charge in [0.25, 0.3) is 0 Å². The Bertz CT molecular complexity index is 315. The van der Waals surface area contributed by atoms with E-state index in [2.05, 4.69) is 0 Å². The number of carbonyl (C=O) groups is 2. The van der Waals surface area contributed by atoms with Crippen molar-refractivity contribution in [3.63, 3.8) is 0 Å². The molecule has 2 N–H and O–H groups in total. The van der Waals surface area contributed by atoms with Gasteiger partial charge in [0.05, 0.1) is 0 Å². The molecule has 0 aliphatic carbocycles. The third-order valence-electron chi connectivity index (χ3n) is 2.89. The SMILES string of the molecule is CC(C)(C)OC(=O)N1CCC(C(O)C(=O)O)CC1. The van der Waals surface area contributed by atoms with Gasteiger partial charge in [0.15, 0.2) is 6.10 Å². The second-order valence-corrected chi connectivity index (χ2v) is 5.59. The van der Waals surface area contributed by atoms with Gasteiger partial charge in [-0.05, 0) is 39.5 Å². The van der Waals surface area contributed by atoms with Crippen LogP contribution in [0.15, 0.2) is 0 Å². The number of hydrogen-bond acceptors (Lipinski definition) is 4. The van der Waals surface area contributed by atoms with Crippen molar-refractivity contribution in [1.29, 1.82) is 0 Å². The summed E-state index contributed by atoms with van der Waals surface area (Å²) in [4.78, 5) is 23.9. The van der Waals surface area contributed by atoms with Gasteiger partial charge in [0.1, 0.15) is 5.60 Å². The van der Waals surface area contributed by atoms with Crippen LogP contribution >= 0.6 is 0 Å². The van der Waals surface area contributed by atoms with E-state index in [0.717, 1.165) is 0 Å². The fraction of sp³-hybridized carbons (Fsp3) is 0.833. The first-order valence-electron chi connectivity index (χ1n) is 6.09. The first kappa shape index (κ1) is 14.8. The Balaban J connectivity index is 2.44. The number of likely N-dealkylation sites (tertiary alicyclic amines) is 1. The van der Waals surface area contributed by atoms with Crippen molar-refractivity contribution in [3.05, 3.63) is 0 Å². The highest BCUT2D eigenvalue weighted by atomic mass is 16.6. The first-order chi connectivity index (χ1) is 8.20. The van der Waals surface area contributed by atoms with Gasteiger partial charge in [-0.25, -0.2) is 9.59 Å². The molecule has 0 aromatic rings. The monoisotopic (exact) mass is 259 g/mol. The van der Waals surface area contributed by atoms with E-state index in [1.807, 2.05) is 0 Å². The normalized spacial score (nSPS) is 19.4. The van der Waals surface area contributed by atoms with E-state index in [0.29, 0.717) is 25.9 Å². The zero-order valence-electron chi connectivity index (χ0n) is 11.0. The average Bonchev–Trinajstić information content (AvgIpc) is 2.26. The number of carbonyl (C=O) groups excluding carboxylic acids is 1. The zero-order chi connectivity index (χ0) is 13.9. The molecule has 1 atom stereocenters. The van der Waals surface area contributed by atoms with Crippen LogP contribution < -0.4 is 0 Å². The Hall–Kier alpha value is -1.30. The number of hydrogen-bond donors (Lipinski definition) is 2. The van der Waals surface area contributed by atoms with Crippen molar-refractivity contribution in [2.75, 3.05) is 13.1 Å². The number of aliphatic carboxylic acids is 1. The van der Waals surface area contributed by atoms with E-state index in [4.69, 9.17) is 9.84 Å². The molecule has 1 aliphatic heterocycles. The number of amides is 1. The Morgan fingerprint density at radius 3 is 2.17 bits per heavy atom. The lowest BCUT2D eigenvalue weighted by Gasteiger charge is -2.34. The Morgan fingerprint density at radius 2 is 1.78 bits per heavy atom. The minimum Gasteiger partial charge on any atom is -0.479 e. The molecule has 0 aromatic heterocycles. The molecule has 0 radical (unpaired) electrons. The van der Waals surface area contributed by atoms with Gasteiger partial charge in [-0.15, -0.1) is 0 Å². The van der Waals surface area contributed by atoms with E-state index < -0.39 is 17.7 Å². The lowest BCUT2D eigenvalue weighted by atomic mass is 9.91. The Morgan fingerprint density at radius 1 is 1.28 bits per heavy atom. The third-order valence-corrected chi connectivity index (χ3v) is 2.89. The van der Waals surface area contributed by atoms with Crippen molar-refractivity contribution >= 4 is 12.1 Å². The van der Waals surface area contributed by atoms with E-state index in [-0.39, 0.29) is 12.0 Å². The maximum absolute atomic E-state index is 11.7. The fourth-order valence-electron chi connectivity index (χ4n) is 1.93. The van der Waals surface area contributed by atoms with Crippen LogP contribution in [-0.2, 0) is 9.53 Å². The predicted molar refractivity (Wildman–Crippen MR) is 64.2 cm³/mol. The molecule has 104 valence electrons. The van der Waals surface area contributed by atoms with Crippen LogP contribution in [0.25, 0.3) is 0 Å². The number of aliphatic hydroxyl groups excluding tert-OH is 1. The minimum absolute atomic E-state index is 0.291. The largest absolute Gasteiger partial charge is 0.479 e. The van der Waals surface area contributed by atoms with Gasteiger partial charge in [-0.3, -0.25) is 0 Å². The summed E-state index contributed by atoms with van der Waals surface area (Å²) in [5, 5.41) is 18.1. The van der Waals surface area contributed by atoms with Gasteiger partial charge in [-0.1, -0.05) is 0 Å². The molecule has 1 heterocycles. The first-order valence-corrected chi connectivity index (χ1v) is 6.09. The molecule has 6 heteroatoms. The van der Waals surface area contributed by atoms with Crippen LogP contribution in [0.5, 0.6) is 0 Å². The Labute approximate surface area is 107 Å². The number of ether oxygens (including phenoxy) is 1. The van der Waals surface area contributed by atoms with Crippen LogP contribution in [0.1, 0.15) is 33.6 Å². The molecule has 0 spiro atoms. The summed E-state index contributed by atoms with van der Waals surface area (Å²) in [6, 6.07) is 0. The number of aliphatic hydroxyl groups is 1. The van der Waals surface area contributed by atoms with Crippen molar-refractivity contribution in [1.82, 2.24) is 4.90 Å². The maximum atomic E-state index is 11.7. The molecule has 1 unspecified atom stereocenters. The molecule has 0 aromatic carbocycles. The number of rotatable bonds is 2. The maximum Gasteiger partial charge on any atom is 0.410 e. The van der Waals surface area contributed by atoms with Crippen molar-refractivity contribution in [2.45, 2.75) is 45.3 Å². The Kier molecular flexibility index (Phi) is 4.56. The fourth-order valence-corrected chi connectivity index (χ4v) is 1.93. The quantitative estimate of drug-likeness (QED) is 0.774. The van der Waals surface area contributed by atoms with Crippen LogP contribution in [0.3, 0.4) is 0 Å². The molecule has 1 rings (SSSR count). The molecule has 0 saturated carbocycles. The molecular weight excluding hydrogens is 238 g/mol. The second kappa shape index (κ2) is 5.56. The zero-order valence-corrected chi connectivity index (χ0v) is 11.0. The summed E-state index contributed by atoms with van der Waals surface area (Å²) in [7, 11) is 0. The highest BCUT2D eigenvalue weighted by Crippen LogP contribution is 2.22. The van der Waals surface area contributed by atoms with Crippen molar-refractivity contribution in [3.8, 4) is 0 Å². The van der Waals surface area contributed by atoms with Crippen LogP contribution in [0.4, 0.5) is 4.79 Å². The number of carboxylic acids is 1. The van der Waals surface area contributed by atoms with Crippen molar-refractivity contribution in [2.24, 2.45) is 5.92 Å². The topological polar surface area (TPSA) is 87.1 Å². The van der Waals surface area contributed by atoms with E-state index >= 15 is 0 Å². The smallest absolute Gasteiger partial charge is 0.410 e. The highest BCUT2D eigenvalue weighted by molar-refractivity contribution is 5.72. The second-order valence-electron chi connectivity index (χ2n) is 5.59. The number of carboxylic acid groups (broad SMARTS) is 1. The summed E-state index contributed by atoms with van der Waals surface area (Å²) in [6.07, 6.45) is -0.768. The molecule has 18 heavy (non-hydrogen) atoms. The molecule has 6 nitrogen and oxygen atoms in total. The lowest BCUT2D eigenvalue weighted by Crippen LogP contribution is -2.44. The predicted octanol–water partition coefficient (Wildman–Crippen LogP) is 1.08. The summed E-state index contributed by atoms with van der Waals surface area (Å²) in [6.45, 7) is 6.23. The highest BCUT2D eigenvalue weighted by Gasteiger charge is 2.32. The van der Waals surface area contributed by atoms with Gasteiger partial charge in [0.2, 0.25) is 0 Å². The molecule has 1 amide bonds. The molecular formula is C12H21NO5. The van der Waals surface area contributed by atoms with Gasteiger partial charge < -0.3 is 19.8 Å². The summed E-state index contributed by atoms with van der Waals surface area (Å²) in [5.74, 6) is -1.49. The lowest BCUT2D eigenvalue weighted by molar-refractivity contribution is -0.150. The van der Waals surface area contributed by atoms with E-state index in [1.54, 1.807) is 25.7 Å². The van der Waals surface area contributed by atoms with Crippen LogP contribution in [0, 0.1) is 5.92 Å². The molecule has 0 bridgehead atoms. The van der Waals surface area contributed by atoms with Crippen molar-refractivity contribution < 1.29 is 24.5 Å². The third kappa shape index (κ3) is 4.18. The standard InChI is InChI=1S/C12H21NO5/c1-12(2,3)18-11(17)13-6-4-8(5-7-13)9(14)10(15)16/h8-9,14H,4-7H2,1-3H3,(H,15,16). The summed E-state index contributed by atoms with van der Waals surface area (Å²) >= 11 is 0. The van der Waals surface area contributed by atoms with Gasteiger partial charge in [0, 0.05) is 13.1 Å². The summed E-state index contributed by atoms with van der Waals surface area (Å²) < 4.78 is 5.23.